The summed E-state index contributed by atoms with van der Waals surface area (Å²) in [6.07, 6.45) is 17.1. The van der Waals surface area contributed by atoms with Gasteiger partial charge in [-0.1, -0.05) is 75.8 Å². The van der Waals surface area contributed by atoms with Gasteiger partial charge in [-0.2, -0.15) is 0 Å². The van der Waals surface area contributed by atoms with Crippen LogP contribution in [0.2, 0.25) is 0 Å². The molecule has 0 aromatic carbocycles. The Labute approximate surface area is 116 Å². The minimum atomic E-state index is -0.961. The summed E-state index contributed by atoms with van der Waals surface area (Å²) in [5.74, 6) is -0.961. The van der Waals surface area contributed by atoms with Crippen LogP contribution in [0, 0.1) is 0 Å². The first-order chi connectivity index (χ1) is 9.16. The normalized spacial score (nSPS) is 13.8. The molecule has 0 amide bonds. The molecule has 0 aromatic heterocycles. The van der Waals surface area contributed by atoms with Gasteiger partial charge < -0.3 is 10.2 Å². The fraction of sp³-hybridized carbons (Fsp3) is 0.562. The Bertz CT molecular complexity index is 303. The van der Waals surface area contributed by atoms with Crippen molar-refractivity contribution >= 4 is 5.97 Å². The molecule has 0 spiro atoms. The van der Waals surface area contributed by atoms with Gasteiger partial charge in [0.2, 0.25) is 0 Å². The number of aliphatic hydroxyl groups excluding tert-OH is 1. The molecule has 0 saturated heterocycles. The maximum Gasteiger partial charge on any atom is 0.328 e. The highest BCUT2D eigenvalue weighted by Gasteiger charge is 1.97. The molecule has 2 N–H and O–H groups in total. The van der Waals surface area contributed by atoms with Crippen molar-refractivity contribution in [1.29, 1.82) is 0 Å². The molecule has 0 aliphatic carbocycles. The average molecular weight is 266 g/mol. The van der Waals surface area contributed by atoms with Crippen molar-refractivity contribution in [2.24, 2.45) is 0 Å². The van der Waals surface area contributed by atoms with Crippen LogP contribution in [0.4, 0.5) is 0 Å². The second-order valence-corrected chi connectivity index (χ2v) is 4.59. The van der Waals surface area contributed by atoms with Crippen LogP contribution in [0.1, 0.15) is 51.9 Å². The lowest BCUT2D eigenvalue weighted by molar-refractivity contribution is -0.131. The van der Waals surface area contributed by atoms with Crippen molar-refractivity contribution < 1.29 is 15.0 Å². The standard InChI is InChI=1S/C16H26O3/c1-2-3-4-5-6-9-12-15(17)13-10-7-8-11-14-16(18)19/h7-8,10-11,13-15,17H,2-6,9,12H2,1H3,(H,18,19)/b8-7+,13-10+,14-11+. The van der Waals surface area contributed by atoms with Gasteiger partial charge in [0, 0.05) is 6.08 Å². The van der Waals surface area contributed by atoms with Gasteiger partial charge in [-0.05, 0) is 6.42 Å². The molecule has 0 fully saturated rings. The third kappa shape index (κ3) is 14.6. The van der Waals surface area contributed by atoms with Gasteiger partial charge in [0.05, 0.1) is 6.10 Å². The number of unbranched alkanes of at least 4 members (excludes halogenated alkanes) is 5. The van der Waals surface area contributed by atoms with E-state index in [1.807, 2.05) is 0 Å². The first-order valence-electron chi connectivity index (χ1n) is 7.09. The molecule has 0 heterocycles. The second kappa shape index (κ2) is 13.1. The molecule has 1 unspecified atom stereocenters. The smallest absolute Gasteiger partial charge is 0.328 e. The number of hydrogen-bond acceptors (Lipinski definition) is 2. The molecular weight excluding hydrogens is 240 g/mol. The molecule has 0 aliphatic heterocycles. The zero-order valence-corrected chi connectivity index (χ0v) is 11.8. The Balaban J connectivity index is 3.56. The van der Waals surface area contributed by atoms with Crippen molar-refractivity contribution in [2.75, 3.05) is 0 Å². The van der Waals surface area contributed by atoms with Crippen LogP contribution in [-0.4, -0.2) is 22.3 Å². The first-order valence-corrected chi connectivity index (χ1v) is 7.09. The van der Waals surface area contributed by atoms with Gasteiger partial charge in [-0.15, -0.1) is 0 Å². The molecular formula is C16H26O3. The van der Waals surface area contributed by atoms with E-state index in [0.717, 1.165) is 18.9 Å². The van der Waals surface area contributed by atoms with Gasteiger partial charge >= 0.3 is 5.97 Å². The minimum Gasteiger partial charge on any atom is -0.478 e. The maximum absolute atomic E-state index is 10.2. The molecule has 108 valence electrons. The SMILES string of the molecule is CCCCCCCCC(O)/C=C/C=C/C=C/C(=O)O. The highest BCUT2D eigenvalue weighted by molar-refractivity contribution is 5.80. The van der Waals surface area contributed by atoms with Gasteiger partial charge in [-0.25, -0.2) is 4.79 Å². The third-order valence-corrected chi connectivity index (χ3v) is 2.76. The monoisotopic (exact) mass is 266 g/mol. The molecule has 0 aliphatic rings. The molecule has 0 aromatic rings. The van der Waals surface area contributed by atoms with Gasteiger partial charge in [-0.3, -0.25) is 0 Å². The summed E-state index contributed by atoms with van der Waals surface area (Å²) in [4.78, 5) is 10.2. The average Bonchev–Trinajstić information content (AvgIpc) is 2.37. The number of carbonyl (C=O) groups is 1. The quantitative estimate of drug-likeness (QED) is 0.339. The molecule has 0 radical (unpaired) electrons. The molecule has 0 saturated carbocycles. The molecule has 1 atom stereocenters. The first kappa shape index (κ1) is 17.6. The fourth-order valence-electron chi connectivity index (χ4n) is 1.69. The van der Waals surface area contributed by atoms with E-state index in [1.165, 1.54) is 38.2 Å². The maximum atomic E-state index is 10.2. The Morgan fingerprint density at radius 3 is 2.32 bits per heavy atom. The number of aliphatic carboxylic acids is 1. The van der Waals surface area contributed by atoms with Crippen LogP contribution in [0.25, 0.3) is 0 Å². The van der Waals surface area contributed by atoms with Gasteiger partial charge in [0.25, 0.3) is 0 Å². The molecule has 3 heteroatoms. The Morgan fingerprint density at radius 2 is 1.63 bits per heavy atom. The third-order valence-electron chi connectivity index (χ3n) is 2.76. The molecule has 0 bridgehead atoms. The van der Waals surface area contributed by atoms with E-state index in [1.54, 1.807) is 24.3 Å². The van der Waals surface area contributed by atoms with Crippen molar-refractivity contribution in [2.45, 2.75) is 58.0 Å². The van der Waals surface area contributed by atoms with Crippen molar-refractivity contribution in [1.82, 2.24) is 0 Å². The summed E-state index contributed by atoms with van der Waals surface area (Å²) in [6.45, 7) is 2.20. The van der Waals surface area contributed by atoms with Crippen molar-refractivity contribution in [3.8, 4) is 0 Å². The topological polar surface area (TPSA) is 57.5 Å². The van der Waals surface area contributed by atoms with Gasteiger partial charge in [0.1, 0.15) is 0 Å². The predicted molar refractivity (Wildman–Crippen MR) is 79.1 cm³/mol. The Morgan fingerprint density at radius 1 is 1.00 bits per heavy atom. The largest absolute Gasteiger partial charge is 0.478 e. The summed E-state index contributed by atoms with van der Waals surface area (Å²) in [5, 5.41) is 18.0. The summed E-state index contributed by atoms with van der Waals surface area (Å²) >= 11 is 0. The Hall–Kier alpha value is -1.35. The number of hydrogen-bond donors (Lipinski definition) is 2. The molecule has 0 rings (SSSR count). The van der Waals surface area contributed by atoms with Gasteiger partial charge in [0.15, 0.2) is 0 Å². The zero-order valence-electron chi connectivity index (χ0n) is 11.8. The number of allylic oxidation sites excluding steroid dienone is 4. The summed E-state index contributed by atoms with van der Waals surface area (Å²) in [6, 6.07) is 0. The van der Waals surface area contributed by atoms with Crippen LogP contribution < -0.4 is 0 Å². The lowest BCUT2D eigenvalue weighted by Crippen LogP contribution is -2.01. The lowest BCUT2D eigenvalue weighted by atomic mass is 10.1. The number of rotatable bonds is 11. The van der Waals surface area contributed by atoms with Crippen LogP contribution >= 0.6 is 0 Å². The van der Waals surface area contributed by atoms with E-state index in [-0.39, 0.29) is 0 Å². The van der Waals surface area contributed by atoms with E-state index in [9.17, 15) is 9.90 Å². The van der Waals surface area contributed by atoms with Crippen LogP contribution in [0.15, 0.2) is 36.5 Å². The van der Waals surface area contributed by atoms with Crippen molar-refractivity contribution in [3.63, 3.8) is 0 Å². The minimum absolute atomic E-state index is 0.403. The van der Waals surface area contributed by atoms with Crippen LogP contribution in [-0.2, 0) is 4.79 Å². The highest BCUT2D eigenvalue weighted by atomic mass is 16.4. The number of carboxylic acid groups (broad SMARTS) is 1. The van der Waals surface area contributed by atoms with E-state index < -0.39 is 12.1 Å². The van der Waals surface area contributed by atoms with E-state index in [2.05, 4.69) is 6.92 Å². The summed E-state index contributed by atoms with van der Waals surface area (Å²) in [7, 11) is 0. The summed E-state index contributed by atoms with van der Waals surface area (Å²) < 4.78 is 0. The van der Waals surface area contributed by atoms with E-state index >= 15 is 0 Å². The molecule has 19 heavy (non-hydrogen) atoms. The van der Waals surface area contributed by atoms with E-state index in [4.69, 9.17) is 5.11 Å². The van der Waals surface area contributed by atoms with Crippen LogP contribution in [0.3, 0.4) is 0 Å². The predicted octanol–water partition coefficient (Wildman–Crippen LogP) is 3.85. The zero-order chi connectivity index (χ0) is 14.3. The van der Waals surface area contributed by atoms with Crippen molar-refractivity contribution in [3.05, 3.63) is 36.5 Å². The van der Waals surface area contributed by atoms with E-state index in [0.29, 0.717) is 0 Å². The fourth-order valence-corrected chi connectivity index (χ4v) is 1.69. The number of carboxylic acids is 1. The second-order valence-electron chi connectivity index (χ2n) is 4.59. The molecule has 3 nitrogen and oxygen atoms in total. The number of aliphatic hydroxyl groups is 1. The summed E-state index contributed by atoms with van der Waals surface area (Å²) in [5.41, 5.74) is 0. The Kier molecular flexibility index (Phi) is 12.2. The highest BCUT2D eigenvalue weighted by Crippen LogP contribution is 2.09. The van der Waals surface area contributed by atoms with Crippen LogP contribution in [0.5, 0.6) is 0 Å². The lowest BCUT2D eigenvalue weighted by Gasteiger charge is -2.04.